The molecular formula is C9H9ClN6O2. The van der Waals surface area contributed by atoms with E-state index in [2.05, 4.69) is 25.9 Å². The van der Waals surface area contributed by atoms with Gasteiger partial charge in [-0.25, -0.2) is 10.8 Å². The van der Waals surface area contributed by atoms with Gasteiger partial charge in [-0.15, -0.1) is 0 Å². The molecule has 0 aliphatic heterocycles. The summed E-state index contributed by atoms with van der Waals surface area (Å²) in [7, 11) is 0. The maximum Gasteiger partial charge on any atom is 0.328 e. The molecule has 4 N–H and O–H groups in total. The van der Waals surface area contributed by atoms with E-state index in [1.54, 1.807) is 6.92 Å². The Hall–Kier alpha value is -2.19. The topological polar surface area (TPSA) is 119 Å². The van der Waals surface area contributed by atoms with Gasteiger partial charge in [0.15, 0.2) is 5.82 Å². The van der Waals surface area contributed by atoms with Crippen LogP contribution < -0.4 is 16.6 Å². The number of hydrogen-bond acceptors (Lipinski definition) is 7. The highest BCUT2D eigenvalue weighted by molar-refractivity contribution is 6.34. The van der Waals surface area contributed by atoms with Crippen LogP contribution in [0.2, 0.25) is 5.02 Å². The summed E-state index contributed by atoms with van der Waals surface area (Å²) >= 11 is 5.86. The van der Waals surface area contributed by atoms with Gasteiger partial charge in [0.2, 0.25) is 0 Å². The minimum atomic E-state index is -0.569. The van der Waals surface area contributed by atoms with Crippen LogP contribution in [0.5, 0.6) is 0 Å². The number of nitrogens with one attached hydrogen (secondary N) is 2. The molecule has 0 fully saturated rings. The summed E-state index contributed by atoms with van der Waals surface area (Å²) in [5.41, 5.74) is 2.32. The second-order valence-electron chi connectivity index (χ2n) is 3.27. The molecule has 18 heavy (non-hydrogen) atoms. The maximum atomic E-state index is 11.9. The van der Waals surface area contributed by atoms with E-state index in [4.69, 9.17) is 22.0 Å². The summed E-state index contributed by atoms with van der Waals surface area (Å²) in [4.78, 5) is 19.6. The summed E-state index contributed by atoms with van der Waals surface area (Å²) in [6, 6.07) is 3.01. The Bertz CT molecular complexity index is 584. The van der Waals surface area contributed by atoms with Gasteiger partial charge >= 0.3 is 6.01 Å². The van der Waals surface area contributed by atoms with Crippen molar-refractivity contribution in [1.29, 1.82) is 0 Å². The molecule has 0 aromatic carbocycles. The van der Waals surface area contributed by atoms with E-state index < -0.39 is 5.91 Å². The zero-order valence-electron chi connectivity index (χ0n) is 9.27. The number of hydrazine groups is 1. The summed E-state index contributed by atoms with van der Waals surface area (Å²) < 4.78 is 4.75. The average molecular weight is 269 g/mol. The fraction of sp³-hybridized carbons (Fsp3) is 0.111. The lowest BCUT2D eigenvalue weighted by molar-refractivity contribution is 0.101. The Balaban J connectivity index is 2.23. The Morgan fingerprint density at radius 3 is 2.83 bits per heavy atom. The van der Waals surface area contributed by atoms with Crippen molar-refractivity contribution in [2.24, 2.45) is 5.84 Å². The number of nitrogens with two attached hydrogens (primary N) is 1. The predicted molar refractivity (Wildman–Crippen MR) is 64.0 cm³/mol. The monoisotopic (exact) mass is 268 g/mol. The van der Waals surface area contributed by atoms with Gasteiger partial charge in [0.1, 0.15) is 11.5 Å². The van der Waals surface area contributed by atoms with Crippen molar-refractivity contribution in [1.82, 2.24) is 15.1 Å². The third kappa shape index (κ3) is 2.55. The second-order valence-corrected chi connectivity index (χ2v) is 3.68. The summed E-state index contributed by atoms with van der Waals surface area (Å²) in [6.45, 7) is 1.63. The highest BCUT2D eigenvalue weighted by Gasteiger charge is 2.15. The molecule has 0 radical (unpaired) electrons. The number of rotatable bonds is 3. The number of carbonyl (C=O) groups is 1. The Morgan fingerprint density at radius 1 is 1.44 bits per heavy atom. The normalized spacial score (nSPS) is 10.2. The Morgan fingerprint density at radius 2 is 2.22 bits per heavy atom. The van der Waals surface area contributed by atoms with Crippen molar-refractivity contribution < 1.29 is 9.32 Å². The summed E-state index contributed by atoms with van der Waals surface area (Å²) in [5, 5.41) is 6.09. The molecule has 0 saturated carbocycles. The Labute approximate surface area is 106 Å². The van der Waals surface area contributed by atoms with Gasteiger partial charge < -0.3 is 9.95 Å². The van der Waals surface area contributed by atoms with Crippen molar-refractivity contribution in [2.75, 3.05) is 10.7 Å². The van der Waals surface area contributed by atoms with Crippen LogP contribution >= 0.6 is 11.6 Å². The average Bonchev–Trinajstić information content (AvgIpc) is 2.75. The van der Waals surface area contributed by atoms with Gasteiger partial charge in [0.25, 0.3) is 5.91 Å². The minimum Gasteiger partial charge on any atom is -0.315 e. The smallest absolute Gasteiger partial charge is 0.315 e. The van der Waals surface area contributed by atoms with Gasteiger partial charge in [-0.05, 0) is 19.1 Å². The highest BCUT2D eigenvalue weighted by atomic mass is 35.5. The van der Waals surface area contributed by atoms with Crippen LogP contribution in [-0.4, -0.2) is 21.0 Å². The molecule has 0 bridgehead atoms. The van der Waals surface area contributed by atoms with E-state index in [0.29, 0.717) is 11.6 Å². The molecule has 0 saturated heterocycles. The number of pyridine rings is 1. The van der Waals surface area contributed by atoms with Crippen molar-refractivity contribution >= 4 is 29.3 Å². The van der Waals surface area contributed by atoms with Gasteiger partial charge in [-0.3, -0.25) is 10.1 Å². The molecule has 0 atom stereocenters. The van der Waals surface area contributed by atoms with E-state index in [1.165, 1.54) is 12.1 Å². The molecule has 2 rings (SSSR count). The lowest BCUT2D eigenvalue weighted by Gasteiger charge is -2.04. The van der Waals surface area contributed by atoms with Crippen LogP contribution in [0, 0.1) is 6.92 Å². The van der Waals surface area contributed by atoms with E-state index >= 15 is 0 Å². The molecule has 0 aliphatic carbocycles. The van der Waals surface area contributed by atoms with Gasteiger partial charge in [0.05, 0.1) is 5.02 Å². The van der Waals surface area contributed by atoms with Crippen LogP contribution in [-0.2, 0) is 0 Å². The van der Waals surface area contributed by atoms with E-state index in [0.717, 1.165) is 0 Å². The number of carbonyl (C=O) groups excluding carboxylic acids is 1. The third-order valence-electron chi connectivity index (χ3n) is 1.96. The number of anilines is 2. The zero-order valence-corrected chi connectivity index (χ0v) is 10.0. The number of nitrogens with zero attached hydrogens (tertiary/aromatic N) is 3. The molecule has 2 aromatic rings. The lowest BCUT2D eigenvalue weighted by Crippen LogP contribution is -2.17. The first-order valence-electron chi connectivity index (χ1n) is 4.85. The molecule has 2 heterocycles. The third-order valence-corrected chi connectivity index (χ3v) is 2.26. The second kappa shape index (κ2) is 4.98. The lowest BCUT2D eigenvalue weighted by atomic mass is 10.3. The van der Waals surface area contributed by atoms with Crippen LogP contribution in [0.3, 0.4) is 0 Å². The highest BCUT2D eigenvalue weighted by Crippen LogP contribution is 2.17. The number of halogens is 1. The van der Waals surface area contributed by atoms with Crippen molar-refractivity contribution in [3.63, 3.8) is 0 Å². The molecule has 94 valence electrons. The van der Waals surface area contributed by atoms with E-state index in [-0.39, 0.29) is 16.7 Å². The first kappa shape index (κ1) is 12.3. The molecule has 1 amide bonds. The number of aromatic nitrogens is 3. The van der Waals surface area contributed by atoms with Crippen LogP contribution in [0.4, 0.5) is 11.8 Å². The largest absolute Gasteiger partial charge is 0.328 e. The molecule has 8 nitrogen and oxygen atoms in total. The van der Waals surface area contributed by atoms with E-state index in [9.17, 15) is 4.79 Å². The molecular weight excluding hydrogens is 260 g/mol. The fourth-order valence-electron chi connectivity index (χ4n) is 1.19. The molecule has 2 aromatic heterocycles. The number of hydrogen-bond donors (Lipinski definition) is 3. The van der Waals surface area contributed by atoms with Crippen molar-refractivity contribution in [3.8, 4) is 0 Å². The number of amides is 1. The predicted octanol–water partition coefficient (Wildman–Crippen LogP) is 0.964. The zero-order chi connectivity index (χ0) is 13.1. The van der Waals surface area contributed by atoms with E-state index in [1.807, 2.05) is 0 Å². The fourth-order valence-corrected chi connectivity index (χ4v) is 1.38. The molecule has 0 spiro atoms. The van der Waals surface area contributed by atoms with Gasteiger partial charge in [-0.1, -0.05) is 16.8 Å². The van der Waals surface area contributed by atoms with Crippen molar-refractivity contribution in [2.45, 2.75) is 6.92 Å². The summed E-state index contributed by atoms with van der Waals surface area (Å²) in [5.74, 6) is 5.34. The van der Waals surface area contributed by atoms with Gasteiger partial charge in [-0.2, -0.15) is 4.98 Å². The molecule has 0 aliphatic rings. The molecule has 9 heteroatoms. The first-order chi connectivity index (χ1) is 8.60. The number of nitrogen functional groups attached to an aromatic ring is 1. The van der Waals surface area contributed by atoms with Crippen molar-refractivity contribution in [3.05, 3.63) is 28.7 Å². The SMILES string of the molecule is Cc1noc(NC(=O)c2nc(NN)ccc2Cl)n1. The standard InChI is InChI=1S/C9H9ClN6O2/c1-4-12-9(18-16-4)14-8(17)7-5(10)2-3-6(13-7)15-11/h2-3H,11H2,1H3,(H,13,15)(H,12,14,16,17). The van der Waals surface area contributed by atoms with Crippen LogP contribution in [0.1, 0.15) is 16.3 Å². The first-order valence-corrected chi connectivity index (χ1v) is 5.23. The molecule has 0 unspecified atom stereocenters. The quantitative estimate of drug-likeness (QED) is 0.560. The maximum absolute atomic E-state index is 11.9. The van der Waals surface area contributed by atoms with Gasteiger partial charge in [0, 0.05) is 0 Å². The summed E-state index contributed by atoms with van der Waals surface area (Å²) in [6.07, 6.45) is 0. The van der Waals surface area contributed by atoms with Crippen LogP contribution in [0.15, 0.2) is 16.7 Å². The number of aryl methyl sites for hydroxylation is 1. The minimum absolute atomic E-state index is 0.00275. The van der Waals surface area contributed by atoms with Crippen LogP contribution in [0.25, 0.3) is 0 Å². The Kier molecular flexibility index (Phi) is 3.40.